The first kappa shape index (κ1) is 20.6. The summed E-state index contributed by atoms with van der Waals surface area (Å²) in [7, 11) is 0. The van der Waals surface area contributed by atoms with Crippen LogP contribution < -0.4 is 0 Å². The van der Waals surface area contributed by atoms with E-state index in [9.17, 15) is 4.79 Å². The van der Waals surface area contributed by atoms with Crippen molar-refractivity contribution in [3.63, 3.8) is 0 Å². The van der Waals surface area contributed by atoms with Crippen LogP contribution in [-0.2, 0) is 13.1 Å². The summed E-state index contributed by atoms with van der Waals surface area (Å²) in [4.78, 5) is 17.4. The fourth-order valence-electron chi connectivity index (χ4n) is 4.00. The van der Waals surface area contributed by atoms with Crippen LogP contribution in [0, 0.1) is 13.8 Å². The van der Waals surface area contributed by atoms with Crippen LogP contribution in [0.3, 0.4) is 0 Å². The molecule has 2 aromatic carbocycles. The van der Waals surface area contributed by atoms with E-state index in [1.165, 1.54) is 5.56 Å². The average molecular weight is 423 g/mol. The normalized spacial score (nSPS) is 14.8. The number of nitrogens with zero attached hydrogens (tertiary/aromatic N) is 4. The van der Waals surface area contributed by atoms with Gasteiger partial charge >= 0.3 is 0 Å². The Morgan fingerprint density at radius 3 is 2.30 bits per heavy atom. The van der Waals surface area contributed by atoms with E-state index in [-0.39, 0.29) is 5.91 Å². The van der Waals surface area contributed by atoms with E-state index in [1.54, 1.807) is 0 Å². The van der Waals surface area contributed by atoms with Crippen LogP contribution in [0.2, 0.25) is 5.02 Å². The van der Waals surface area contributed by atoms with Crippen LogP contribution in [0.5, 0.6) is 0 Å². The topological polar surface area (TPSA) is 41.4 Å². The molecule has 0 atom stereocenters. The lowest BCUT2D eigenvalue weighted by Gasteiger charge is -2.35. The third-order valence-electron chi connectivity index (χ3n) is 5.56. The number of aromatic nitrogens is 2. The monoisotopic (exact) mass is 422 g/mol. The van der Waals surface area contributed by atoms with Gasteiger partial charge in [0.15, 0.2) is 0 Å². The molecule has 1 fully saturated rings. The van der Waals surface area contributed by atoms with Crippen molar-refractivity contribution in [1.29, 1.82) is 0 Å². The predicted molar refractivity (Wildman–Crippen MR) is 120 cm³/mol. The minimum Gasteiger partial charge on any atom is -0.336 e. The Hall–Kier alpha value is -2.63. The van der Waals surface area contributed by atoms with E-state index in [2.05, 4.69) is 35.1 Å². The molecule has 5 nitrogen and oxygen atoms in total. The van der Waals surface area contributed by atoms with Crippen LogP contribution in [-0.4, -0.2) is 51.7 Å². The number of rotatable bonds is 5. The maximum Gasteiger partial charge on any atom is 0.253 e. The second-order valence-electron chi connectivity index (χ2n) is 7.98. The first-order chi connectivity index (χ1) is 14.5. The molecule has 2 heterocycles. The summed E-state index contributed by atoms with van der Waals surface area (Å²) >= 11 is 6.09. The van der Waals surface area contributed by atoms with Gasteiger partial charge in [0.05, 0.1) is 12.2 Å². The second kappa shape index (κ2) is 9.02. The summed E-state index contributed by atoms with van der Waals surface area (Å²) in [5.41, 5.74) is 5.18. The van der Waals surface area contributed by atoms with E-state index in [4.69, 9.17) is 11.6 Å². The van der Waals surface area contributed by atoms with Gasteiger partial charge in [0.25, 0.3) is 5.91 Å². The molecular formula is C24H27ClN4O. The van der Waals surface area contributed by atoms with Gasteiger partial charge in [0, 0.05) is 49.0 Å². The zero-order valence-corrected chi connectivity index (χ0v) is 18.3. The van der Waals surface area contributed by atoms with E-state index in [0.717, 1.165) is 60.3 Å². The van der Waals surface area contributed by atoms with Crippen LogP contribution in [0.15, 0.2) is 54.6 Å². The first-order valence-electron chi connectivity index (χ1n) is 10.3. The highest BCUT2D eigenvalue weighted by molar-refractivity contribution is 6.30. The Morgan fingerprint density at radius 1 is 0.933 bits per heavy atom. The molecule has 0 unspecified atom stereocenters. The van der Waals surface area contributed by atoms with Crippen molar-refractivity contribution in [2.75, 3.05) is 26.2 Å². The number of hydrogen-bond acceptors (Lipinski definition) is 3. The fourth-order valence-corrected chi connectivity index (χ4v) is 4.21. The minimum absolute atomic E-state index is 0.104. The molecule has 30 heavy (non-hydrogen) atoms. The van der Waals surface area contributed by atoms with Crippen molar-refractivity contribution >= 4 is 17.5 Å². The highest BCUT2D eigenvalue weighted by atomic mass is 35.5. The molecule has 1 aliphatic heterocycles. The third-order valence-corrected chi connectivity index (χ3v) is 5.80. The molecule has 0 radical (unpaired) electrons. The van der Waals surface area contributed by atoms with Crippen molar-refractivity contribution in [2.24, 2.45) is 0 Å². The number of amides is 1. The Bertz CT molecular complexity index is 1040. The standard InChI is InChI=1S/C24H27ClN4O/c1-18-13-19(2)29(26-18)17-20-5-3-7-22(14-20)24(30)28-11-9-27(10-12-28)16-21-6-4-8-23(25)15-21/h3-8,13-15H,9-12,16-17H2,1-2H3. The van der Waals surface area contributed by atoms with Gasteiger partial charge in [-0.2, -0.15) is 5.10 Å². The zero-order chi connectivity index (χ0) is 21.1. The number of hydrogen-bond donors (Lipinski definition) is 0. The number of piperazine rings is 1. The molecular weight excluding hydrogens is 396 g/mol. The van der Waals surface area contributed by atoms with Gasteiger partial charge in [-0.15, -0.1) is 0 Å². The second-order valence-corrected chi connectivity index (χ2v) is 8.42. The summed E-state index contributed by atoms with van der Waals surface area (Å²) in [6.07, 6.45) is 0. The van der Waals surface area contributed by atoms with Gasteiger partial charge in [0.1, 0.15) is 0 Å². The van der Waals surface area contributed by atoms with Gasteiger partial charge in [0.2, 0.25) is 0 Å². The Kier molecular flexibility index (Phi) is 6.21. The number of aryl methyl sites for hydroxylation is 2. The maximum atomic E-state index is 13.1. The SMILES string of the molecule is Cc1cc(C)n(Cc2cccc(C(=O)N3CCN(Cc4cccc(Cl)c4)CC3)c2)n1. The molecule has 1 amide bonds. The van der Waals surface area contributed by atoms with Crippen LogP contribution >= 0.6 is 11.6 Å². The van der Waals surface area contributed by atoms with Gasteiger partial charge in [-0.3, -0.25) is 14.4 Å². The van der Waals surface area contributed by atoms with Crippen LogP contribution in [0.1, 0.15) is 32.9 Å². The number of benzene rings is 2. The summed E-state index contributed by atoms with van der Waals surface area (Å²) in [6, 6.07) is 18.0. The highest BCUT2D eigenvalue weighted by Crippen LogP contribution is 2.16. The van der Waals surface area contributed by atoms with Crippen molar-refractivity contribution in [1.82, 2.24) is 19.6 Å². The molecule has 3 aromatic rings. The fraction of sp³-hybridized carbons (Fsp3) is 0.333. The van der Waals surface area contributed by atoms with Crippen LogP contribution in [0.4, 0.5) is 0 Å². The quantitative estimate of drug-likeness (QED) is 0.620. The van der Waals surface area contributed by atoms with Crippen molar-refractivity contribution in [3.8, 4) is 0 Å². The Morgan fingerprint density at radius 2 is 1.63 bits per heavy atom. The van der Waals surface area contributed by atoms with Gasteiger partial charge < -0.3 is 4.90 Å². The minimum atomic E-state index is 0.104. The molecule has 4 rings (SSSR count). The number of carbonyl (C=O) groups excluding carboxylic acids is 1. The molecule has 1 saturated heterocycles. The average Bonchev–Trinajstić information content (AvgIpc) is 3.05. The summed E-state index contributed by atoms with van der Waals surface area (Å²) < 4.78 is 1.98. The number of halogens is 1. The van der Waals surface area contributed by atoms with E-state index in [1.807, 2.05) is 52.9 Å². The molecule has 1 aliphatic rings. The predicted octanol–water partition coefficient (Wildman–Crippen LogP) is 4.16. The molecule has 6 heteroatoms. The molecule has 0 spiro atoms. The van der Waals surface area contributed by atoms with Crippen molar-refractivity contribution < 1.29 is 4.79 Å². The molecule has 0 aliphatic carbocycles. The highest BCUT2D eigenvalue weighted by Gasteiger charge is 2.22. The Balaban J connectivity index is 1.36. The molecule has 0 saturated carbocycles. The lowest BCUT2D eigenvalue weighted by Crippen LogP contribution is -2.48. The molecule has 0 bridgehead atoms. The van der Waals surface area contributed by atoms with E-state index >= 15 is 0 Å². The number of carbonyl (C=O) groups is 1. The summed E-state index contributed by atoms with van der Waals surface area (Å²) in [5.74, 6) is 0.104. The lowest BCUT2D eigenvalue weighted by atomic mass is 10.1. The smallest absolute Gasteiger partial charge is 0.253 e. The summed E-state index contributed by atoms with van der Waals surface area (Å²) in [6.45, 7) is 8.79. The van der Waals surface area contributed by atoms with E-state index < -0.39 is 0 Å². The zero-order valence-electron chi connectivity index (χ0n) is 17.5. The lowest BCUT2D eigenvalue weighted by molar-refractivity contribution is 0.0628. The van der Waals surface area contributed by atoms with Crippen LogP contribution in [0.25, 0.3) is 0 Å². The van der Waals surface area contributed by atoms with Crippen molar-refractivity contribution in [3.05, 3.63) is 87.7 Å². The molecule has 0 N–H and O–H groups in total. The van der Waals surface area contributed by atoms with E-state index in [0.29, 0.717) is 6.54 Å². The Labute approximate surface area is 182 Å². The van der Waals surface area contributed by atoms with Gasteiger partial charge in [-0.1, -0.05) is 35.9 Å². The third kappa shape index (κ3) is 4.91. The molecule has 156 valence electrons. The first-order valence-corrected chi connectivity index (χ1v) is 10.7. The summed E-state index contributed by atoms with van der Waals surface area (Å²) in [5, 5.41) is 5.29. The molecule has 1 aromatic heterocycles. The maximum absolute atomic E-state index is 13.1. The van der Waals surface area contributed by atoms with Gasteiger partial charge in [-0.05, 0) is 55.3 Å². The largest absolute Gasteiger partial charge is 0.336 e. The van der Waals surface area contributed by atoms with Crippen molar-refractivity contribution in [2.45, 2.75) is 26.9 Å². The van der Waals surface area contributed by atoms with Gasteiger partial charge in [-0.25, -0.2) is 0 Å².